The van der Waals surface area contributed by atoms with Gasteiger partial charge in [-0.1, -0.05) is 25.3 Å². The molecule has 0 N–H and O–H groups in total. The van der Waals surface area contributed by atoms with Crippen LogP contribution in [0.1, 0.15) is 49.4 Å². The van der Waals surface area contributed by atoms with Crippen molar-refractivity contribution in [2.75, 3.05) is 40.3 Å². The van der Waals surface area contributed by atoms with Crippen LogP contribution in [0.25, 0.3) is 0 Å². The van der Waals surface area contributed by atoms with Gasteiger partial charge in [-0.25, -0.2) is 13.2 Å². The maximum absolute atomic E-state index is 13.3. The summed E-state index contributed by atoms with van der Waals surface area (Å²) in [6, 6.07) is 6.17. The standard InChI is InChI=1S/C20H32N2O4S/c1-4-26-20(23)18-11-8-12-19(15-18)27(24,25)22(14-13-21(2)3)16-17-9-6-5-7-10-17/h8,11-12,15,17H,4-7,9-10,13-14,16H2,1-3H3. The number of hydrogen-bond donors (Lipinski definition) is 0. The number of carbonyl (C=O) groups is 1. The minimum absolute atomic E-state index is 0.155. The van der Waals surface area contributed by atoms with Crippen LogP contribution in [0.2, 0.25) is 0 Å². The van der Waals surface area contributed by atoms with Crippen molar-refractivity contribution in [3.05, 3.63) is 29.8 Å². The van der Waals surface area contributed by atoms with Gasteiger partial charge in [0.2, 0.25) is 10.0 Å². The predicted molar refractivity (Wildman–Crippen MR) is 106 cm³/mol. The largest absolute Gasteiger partial charge is 0.462 e. The monoisotopic (exact) mass is 396 g/mol. The molecule has 0 unspecified atom stereocenters. The molecule has 1 aromatic carbocycles. The van der Waals surface area contributed by atoms with Gasteiger partial charge in [0.05, 0.1) is 17.1 Å². The molecule has 1 saturated carbocycles. The zero-order valence-corrected chi connectivity index (χ0v) is 17.5. The predicted octanol–water partition coefficient (Wildman–Crippen LogP) is 3.00. The first-order valence-corrected chi connectivity index (χ1v) is 11.2. The molecule has 0 aliphatic heterocycles. The molecule has 0 bridgehead atoms. The topological polar surface area (TPSA) is 66.9 Å². The third kappa shape index (κ3) is 6.30. The van der Waals surface area contributed by atoms with E-state index in [-0.39, 0.29) is 17.1 Å². The number of rotatable bonds is 9. The molecule has 152 valence electrons. The maximum atomic E-state index is 13.3. The molecule has 0 atom stereocenters. The molecule has 0 amide bonds. The van der Waals surface area contributed by atoms with E-state index in [2.05, 4.69) is 0 Å². The van der Waals surface area contributed by atoms with Crippen molar-refractivity contribution >= 4 is 16.0 Å². The van der Waals surface area contributed by atoms with E-state index in [1.807, 2.05) is 19.0 Å². The molecule has 2 rings (SSSR count). The zero-order chi connectivity index (χ0) is 19.9. The Hall–Kier alpha value is -1.44. The van der Waals surface area contributed by atoms with Crippen molar-refractivity contribution in [1.82, 2.24) is 9.21 Å². The maximum Gasteiger partial charge on any atom is 0.338 e. The molecule has 0 aromatic heterocycles. The van der Waals surface area contributed by atoms with Crippen molar-refractivity contribution in [3.63, 3.8) is 0 Å². The Balaban J connectivity index is 2.25. The van der Waals surface area contributed by atoms with E-state index in [9.17, 15) is 13.2 Å². The number of carbonyl (C=O) groups excluding carboxylic acids is 1. The van der Waals surface area contributed by atoms with Crippen LogP contribution >= 0.6 is 0 Å². The normalized spacial score (nSPS) is 16.0. The van der Waals surface area contributed by atoms with E-state index in [0.717, 1.165) is 12.8 Å². The van der Waals surface area contributed by atoms with Gasteiger partial charge < -0.3 is 9.64 Å². The highest BCUT2D eigenvalue weighted by Gasteiger charge is 2.28. The summed E-state index contributed by atoms with van der Waals surface area (Å²) in [6.45, 7) is 3.62. The number of benzene rings is 1. The van der Waals surface area contributed by atoms with Crippen LogP contribution in [-0.2, 0) is 14.8 Å². The van der Waals surface area contributed by atoms with Crippen LogP contribution in [0.4, 0.5) is 0 Å². The van der Waals surface area contributed by atoms with Gasteiger partial charge >= 0.3 is 5.97 Å². The minimum Gasteiger partial charge on any atom is -0.462 e. The van der Waals surface area contributed by atoms with Crippen LogP contribution in [-0.4, -0.2) is 63.9 Å². The van der Waals surface area contributed by atoms with Gasteiger partial charge in [-0.2, -0.15) is 4.31 Å². The molecule has 6 nitrogen and oxygen atoms in total. The first kappa shape index (κ1) is 21.9. The minimum atomic E-state index is -3.67. The van der Waals surface area contributed by atoms with Gasteiger partial charge in [-0.05, 0) is 58.0 Å². The lowest BCUT2D eigenvalue weighted by Crippen LogP contribution is -2.40. The number of likely N-dealkylation sites (N-methyl/N-ethyl adjacent to an activating group) is 1. The molecular weight excluding hydrogens is 364 g/mol. The van der Waals surface area contributed by atoms with E-state index < -0.39 is 16.0 Å². The second-order valence-corrected chi connectivity index (χ2v) is 9.36. The SMILES string of the molecule is CCOC(=O)c1cccc(S(=O)(=O)N(CCN(C)C)CC2CCCCC2)c1. The third-order valence-corrected chi connectivity index (χ3v) is 6.83. The molecule has 0 radical (unpaired) electrons. The summed E-state index contributed by atoms with van der Waals surface area (Å²) >= 11 is 0. The van der Waals surface area contributed by atoms with Gasteiger partial charge in [0.25, 0.3) is 0 Å². The number of hydrogen-bond acceptors (Lipinski definition) is 5. The van der Waals surface area contributed by atoms with Gasteiger partial charge in [-0.15, -0.1) is 0 Å². The van der Waals surface area contributed by atoms with Gasteiger partial charge in [-0.3, -0.25) is 0 Å². The van der Waals surface area contributed by atoms with Gasteiger partial charge in [0.1, 0.15) is 0 Å². The molecule has 1 aromatic rings. The van der Waals surface area contributed by atoms with Crippen LogP contribution in [0.3, 0.4) is 0 Å². The second-order valence-electron chi connectivity index (χ2n) is 7.42. The Bertz CT molecular complexity index is 712. The van der Waals surface area contributed by atoms with E-state index in [0.29, 0.717) is 25.6 Å². The van der Waals surface area contributed by atoms with E-state index in [4.69, 9.17) is 4.74 Å². The van der Waals surface area contributed by atoms with Gasteiger partial charge in [0.15, 0.2) is 0 Å². The summed E-state index contributed by atoms with van der Waals surface area (Å²) < 4.78 is 33.2. The smallest absolute Gasteiger partial charge is 0.338 e. The summed E-state index contributed by atoms with van der Waals surface area (Å²) in [5.41, 5.74) is 0.267. The third-order valence-electron chi connectivity index (χ3n) is 4.97. The van der Waals surface area contributed by atoms with Crippen LogP contribution in [0.15, 0.2) is 29.2 Å². The van der Waals surface area contributed by atoms with Crippen molar-refractivity contribution < 1.29 is 17.9 Å². The fourth-order valence-corrected chi connectivity index (χ4v) is 4.98. The first-order valence-electron chi connectivity index (χ1n) is 9.76. The van der Waals surface area contributed by atoms with E-state index in [1.54, 1.807) is 29.4 Å². The zero-order valence-electron chi connectivity index (χ0n) is 16.7. The summed E-state index contributed by atoms with van der Waals surface area (Å²) in [5, 5.41) is 0. The molecule has 1 fully saturated rings. The van der Waals surface area contributed by atoms with Crippen LogP contribution in [0, 0.1) is 5.92 Å². The second kappa shape index (κ2) is 10.2. The van der Waals surface area contributed by atoms with E-state index in [1.165, 1.54) is 25.3 Å². The molecule has 1 aliphatic carbocycles. The molecule has 0 spiro atoms. The average molecular weight is 397 g/mol. The molecule has 27 heavy (non-hydrogen) atoms. The summed E-state index contributed by atoms with van der Waals surface area (Å²) in [6.07, 6.45) is 5.74. The highest BCUT2D eigenvalue weighted by atomic mass is 32.2. The van der Waals surface area contributed by atoms with Crippen molar-refractivity contribution in [2.24, 2.45) is 5.92 Å². The first-order chi connectivity index (χ1) is 12.8. The fourth-order valence-electron chi connectivity index (χ4n) is 3.43. The molecule has 0 heterocycles. The van der Waals surface area contributed by atoms with Crippen LogP contribution < -0.4 is 0 Å². The Kier molecular flexibility index (Phi) is 8.26. The summed E-state index contributed by atoms with van der Waals surface area (Å²) in [4.78, 5) is 14.1. The lowest BCUT2D eigenvalue weighted by Gasteiger charge is -2.30. The summed E-state index contributed by atoms with van der Waals surface area (Å²) in [7, 11) is 0.206. The average Bonchev–Trinajstić information content (AvgIpc) is 2.66. The highest BCUT2D eigenvalue weighted by Crippen LogP contribution is 2.27. The molecular formula is C20H32N2O4S. The number of esters is 1. The molecule has 0 saturated heterocycles. The van der Waals surface area contributed by atoms with Crippen molar-refractivity contribution in [3.8, 4) is 0 Å². The quantitative estimate of drug-likeness (QED) is 0.600. The lowest BCUT2D eigenvalue weighted by atomic mass is 9.89. The Morgan fingerprint density at radius 2 is 1.85 bits per heavy atom. The van der Waals surface area contributed by atoms with Crippen molar-refractivity contribution in [2.45, 2.75) is 43.9 Å². The van der Waals surface area contributed by atoms with Crippen LogP contribution in [0.5, 0.6) is 0 Å². The fraction of sp³-hybridized carbons (Fsp3) is 0.650. The molecule has 7 heteroatoms. The lowest BCUT2D eigenvalue weighted by molar-refractivity contribution is 0.0526. The number of nitrogens with zero attached hydrogens (tertiary/aromatic N) is 2. The Labute approximate surface area is 163 Å². The Morgan fingerprint density at radius 3 is 2.48 bits per heavy atom. The number of ether oxygens (including phenoxy) is 1. The molecule has 1 aliphatic rings. The van der Waals surface area contributed by atoms with Gasteiger partial charge in [0, 0.05) is 19.6 Å². The summed E-state index contributed by atoms with van der Waals surface area (Å²) in [5.74, 6) is -0.0920. The number of sulfonamides is 1. The van der Waals surface area contributed by atoms with Crippen molar-refractivity contribution in [1.29, 1.82) is 0 Å². The van der Waals surface area contributed by atoms with E-state index >= 15 is 0 Å². The highest BCUT2D eigenvalue weighted by molar-refractivity contribution is 7.89. The Morgan fingerprint density at radius 1 is 1.15 bits per heavy atom.